The van der Waals surface area contributed by atoms with Crippen LogP contribution >= 0.6 is 11.6 Å². The molecule has 0 aliphatic carbocycles. The summed E-state index contributed by atoms with van der Waals surface area (Å²) < 4.78 is 11.4. The molecule has 25 heavy (non-hydrogen) atoms. The number of halogens is 1. The van der Waals surface area contributed by atoms with Gasteiger partial charge in [0.25, 0.3) is 5.56 Å². The summed E-state index contributed by atoms with van der Waals surface area (Å²) in [5.74, 6) is -0.479. The normalized spacial score (nSPS) is 10.8. The van der Waals surface area contributed by atoms with Crippen molar-refractivity contribution in [3.63, 3.8) is 0 Å². The average Bonchev–Trinajstić information content (AvgIpc) is 2.52. The van der Waals surface area contributed by atoms with Crippen molar-refractivity contribution in [1.82, 2.24) is 9.38 Å². The number of aromatic nitrogens is 2. The topological polar surface area (TPSA) is 90.9 Å². The Morgan fingerprint density at radius 3 is 2.76 bits per heavy atom. The summed E-state index contributed by atoms with van der Waals surface area (Å²) in [6.07, 6.45) is 1.46. The number of carbonyl (C=O) groups excluding carboxylic acids is 1. The van der Waals surface area contributed by atoms with Crippen molar-refractivity contribution < 1.29 is 13.9 Å². The van der Waals surface area contributed by atoms with Crippen LogP contribution in [-0.4, -0.2) is 15.4 Å². The van der Waals surface area contributed by atoms with Crippen LogP contribution in [0, 0.1) is 13.8 Å². The van der Waals surface area contributed by atoms with Crippen LogP contribution in [0.15, 0.2) is 44.5 Å². The second-order valence-electron chi connectivity index (χ2n) is 5.42. The third-order valence-corrected chi connectivity index (χ3v) is 3.79. The number of fused-ring (bicyclic) bond motifs is 1. The molecule has 0 saturated carbocycles. The highest BCUT2D eigenvalue weighted by Gasteiger charge is 2.17. The Hall–Kier alpha value is -2.93. The molecule has 0 amide bonds. The highest BCUT2D eigenvalue weighted by molar-refractivity contribution is 6.30. The molecule has 0 aliphatic heterocycles. The smallest absolute Gasteiger partial charge is 0.342 e. The van der Waals surface area contributed by atoms with Gasteiger partial charge in [0.1, 0.15) is 23.6 Å². The molecule has 0 radical (unpaired) electrons. The van der Waals surface area contributed by atoms with Crippen LogP contribution in [0.3, 0.4) is 0 Å². The van der Waals surface area contributed by atoms with Crippen molar-refractivity contribution >= 4 is 23.2 Å². The van der Waals surface area contributed by atoms with Gasteiger partial charge in [-0.3, -0.25) is 9.20 Å². The van der Waals surface area contributed by atoms with Crippen molar-refractivity contribution in [3.05, 3.63) is 78.8 Å². The number of pyridine rings is 1. The Bertz CT molecular complexity index is 1070. The maximum absolute atomic E-state index is 12.3. The average molecular weight is 361 g/mol. The quantitative estimate of drug-likeness (QED) is 0.665. The largest absolute Gasteiger partial charge is 0.455 e. The third kappa shape index (κ3) is 3.46. The number of carbonyl (C=O) groups is 1. The highest BCUT2D eigenvalue weighted by Crippen LogP contribution is 2.14. The monoisotopic (exact) mass is 360 g/mol. The second-order valence-corrected chi connectivity index (χ2v) is 5.85. The summed E-state index contributed by atoms with van der Waals surface area (Å²) in [5.41, 5.74) is 0.462. The van der Waals surface area contributed by atoms with E-state index in [1.807, 2.05) is 0 Å². The third-order valence-electron chi connectivity index (χ3n) is 3.57. The zero-order valence-corrected chi connectivity index (χ0v) is 14.2. The number of ether oxygens (including phenoxy) is 1. The fourth-order valence-corrected chi connectivity index (χ4v) is 2.63. The van der Waals surface area contributed by atoms with E-state index in [9.17, 15) is 14.4 Å². The maximum Gasteiger partial charge on any atom is 0.342 e. The van der Waals surface area contributed by atoms with Gasteiger partial charge in [-0.15, -0.1) is 0 Å². The Labute approximate surface area is 146 Å². The standard InChI is InChI=1S/C17H13ClN2O5/c1-9-5-15(22)25-10(2)16(9)17(23)24-8-12-6-14(21)20-7-11(18)3-4-13(20)19-12/h3-7H,8H2,1-2H3. The zero-order chi connectivity index (χ0) is 18.1. The van der Waals surface area contributed by atoms with Gasteiger partial charge in [0.05, 0.1) is 10.7 Å². The van der Waals surface area contributed by atoms with Crippen molar-refractivity contribution in [1.29, 1.82) is 0 Å². The Morgan fingerprint density at radius 2 is 2.04 bits per heavy atom. The van der Waals surface area contributed by atoms with Gasteiger partial charge < -0.3 is 9.15 Å². The van der Waals surface area contributed by atoms with Gasteiger partial charge in [-0.05, 0) is 31.5 Å². The predicted octanol–water partition coefficient (Wildman–Crippen LogP) is 2.27. The summed E-state index contributed by atoms with van der Waals surface area (Å²) in [4.78, 5) is 39.9. The predicted molar refractivity (Wildman–Crippen MR) is 90.0 cm³/mol. The number of esters is 1. The minimum atomic E-state index is -0.656. The molecule has 3 aromatic heterocycles. The molecule has 128 valence electrons. The minimum absolute atomic E-state index is 0.177. The van der Waals surface area contributed by atoms with Crippen molar-refractivity contribution in [3.8, 4) is 0 Å². The summed E-state index contributed by atoms with van der Waals surface area (Å²) in [6.45, 7) is 2.94. The van der Waals surface area contributed by atoms with E-state index in [1.165, 1.54) is 29.7 Å². The fraction of sp³-hybridized carbons (Fsp3) is 0.176. The lowest BCUT2D eigenvalue weighted by Crippen LogP contribution is -2.17. The Morgan fingerprint density at radius 1 is 1.28 bits per heavy atom. The second kappa shape index (κ2) is 6.52. The molecule has 0 spiro atoms. The summed E-state index contributed by atoms with van der Waals surface area (Å²) in [6, 6.07) is 5.68. The first-order valence-corrected chi connectivity index (χ1v) is 7.69. The zero-order valence-electron chi connectivity index (χ0n) is 13.4. The van der Waals surface area contributed by atoms with Gasteiger partial charge in [0.15, 0.2) is 0 Å². The SMILES string of the molecule is Cc1cc(=O)oc(C)c1C(=O)OCc1cc(=O)n2cc(Cl)ccc2n1. The minimum Gasteiger partial charge on any atom is -0.455 e. The van der Waals surface area contributed by atoms with E-state index in [4.69, 9.17) is 20.8 Å². The van der Waals surface area contributed by atoms with Crippen molar-refractivity contribution in [2.45, 2.75) is 20.5 Å². The molecule has 0 N–H and O–H groups in total. The van der Waals surface area contributed by atoms with E-state index in [2.05, 4.69) is 4.98 Å². The van der Waals surface area contributed by atoms with Gasteiger partial charge in [-0.25, -0.2) is 14.6 Å². The van der Waals surface area contributed by atoms with E-state index in [-0.39, 0.29) is 23.5 Å². The molecule has 0 atom stereocenters. The number of aryl methyl sites for hydroxylation is 2. The molecule has 0 saturated heterocycles. The number of hydrogen-bond acceptors (Lipinski definition) is 6. The van der Waals surface area contributed by atoms with E-state index in [0.717, 1.165) is 0 Å². The Balaban J connectivity index is 1.86. The van der Waals surface area contributed by atoms with Crippen LogP contribution < -0.4 is 11.2 Å². The lowest BCUT2D eigenvalue weighted by atomic mass is 10.1. The van der Waals surface area contributed by atoms with Crippen molar-refractivity contribution in [2.75, 3.05) is 0 Å². The van der Waals surface area contributed by atoms with Crippen molar-refractivity contribution in [2.24, 2.45) is 0 Å². The van der Waals surface area contributed by atoms with Crippen LogP contribution in [0.4, 0.5) is 0 Å². The first-order chi connectivity index (χ1) is 11.8. The number of hydrogen-bond donors (Lipinski definition) is 0. The van der Waals surface area contributed by atoms with Gasteiger partial charge in [-0.1, -0.05) is 11.6 Å². The molecule has 0 aliphatic rings. The van der Waals surface area contributed by atoms with Crippen LogP contribution in [0.25, 0.3) is 5.65 Å². The molecule has 8 heteroatoms. The fourth-order valence-electron chi connectivity index (χ4n) is 2.47. The van der Waals surface area contributed by atoms with Crippen LogP contribution in [0.2, 0.25) is 5.02 Å². The van der Waals surface area contributed by atoms with Gasteiger partial charge in [0.2, 0.25) is 0 Å². The van der Waals surface area contributed by atoms with Gasteiger partial charge in [0, 0.05) is 18.3 Å². The van der Waals surface area contributed by atoms with E-state index >= 15 is 0 Å². The molecule has 3 heterocycles. The number of rotatable bonds is 3. The molecule has 0 bridgehead atoms. The lowest BCUT2D eigenvalue weighted by molar-refractivity contribution is 0.0462. The molecule has 0 aromatic carbocycles. The van der Waals surface area contributed by atoms with E-state index < -0.39 is 11.6 Å². The Kier molecular flexibility index (Phi) is 4.41. The molecule has 0 unspecified atom stereocenters. The molecule has 3 rings (SSSR count). The van der Waals surface area contributed by atoms with E-state index in [0.29, 0.717) is 21.9 Å². The van der Waals surface area contributed by atoms with Crippen LogP contribution in [0.5, 0.6) is 0 Å². The van der Waals surface area contributed by atoms with Gasteiger partial charge >= 0.3 is 11.6 Å². The first-order valence-electron chi connectivity index (χ1n) is 7.31. The maximum atomic E-state index is 12.3. The molecular formula is C17H13ClN2O5. The lowest BCUT2D eigenvalue weighted by Gasteiger charge is -2.09. The molecule has 3 aromatic rings. The number of nitrogens with zero attached hydrogens (tertiary/aromatic N) is 2. The van der Waals surface area contributed by atoms with E-state index in [1.54, 1.807) is 19.1 Å². The van der Waals surface area contributed by atoms with Crippen LogP contribution in [-0.2, 0) is 11.3 Å². The summed E-state index contributed by atoms with van der Waals surface area (Å²) in [7, 11) is 0. The van der Waals surface area contributed by atoms with Crippen LogP contribution in [0.1, 0.15) is 27.4 Å². The molecule has 7 nitrogen and oxygen atoms in total. The highest BCUT2D eigenvalue weighted by atomic mass is 35.5. The molecule has 0 fully saturated rings. The van der Waals surface area contributed by atoms with Gasteiger partial charge in [-0.2, -0.15) is 0 Å². The molecular weight excluding hydrogens is 348 g/mol. The first kappa shape index (κ1) is 16.9. The summed E-state index contributed by atoms with van der Waals surface area (Å²) in [5, 5.41) is 0.409. The summed E-state index contributed by atoms with van der Waals surface area (Å²) >= 11 is 5.85.